The van der Waals surface area contributed by atoms with Crippen LogP contribution in [0.1, 0.15) is 11.1 Å². The average molecular weight is 511 g/mol. The maximum absolute atomic E-state index is 13.2. The van der Waals surface area contributed by atoms with E-state index in [-0.39, 0.29) is 11.4 Å². The normalized spacial score (nSPS) is 11.8. The molecule has 0 unspecified atom stereocenters. The first-order valence-electron chi connectivity index (χ1n) is 9.32. The first kappa shape index (κ1) is 24.2. The quantitative estimate of drug-likeness (QED) is 0.343. The summed E-state index contributed by atoms with van der Waals surface area (Å²) in [6, 6.07) is 19.3. The standard InChI is InChI=1S/C22H18Cl3N3O3S/c23-18-6-4-16(5-7-18)13-26-27-22(29)15-28(14-17-2-1-3-20(25)12-17)32(30,31)21-10-8-19(24)9-11-21/h1-13H,14-15H2,(H,27,29)/b26-13-. The van der Waals surface area contributed by atoms with Crippen LogP contribution in [0.3, 0.4) is 0 Å². The van der Waals surface area contributed by atoms with Crippen molar-refractivity contribution in [2.75, 3.05) is 6.54 Å². The topological polar surface area (TPSA) is 78.8 Å². The number of nitrogens with zero attached hydrogens (tertiary/aromatic N) is 2. The molecule has 0 bridgehead atoms. The number of amides is 1. The third kappa shape index (κ3) is 6.79. The molecule has 0 atom stereocenters. The minimum atomic E-state index is -4.00. The van der Waals surface area contributed by atoms with Crippen molar-refractivity contribution >= 4 is 56.9 Å². The highest BCUT2D eigenvalue weighted by molar-refractivity contribution is 7.89. The van der Waals surface area contributed by atoms with Crippen molar-refractivity contribution in [1.82, 2.24) is 9.73 Å². The Balaban J connectivity index is 1.79. The second-order valence-electron chi connectivity index (χ2n) is 6.70. The van der Waals surface area contributed by atoms with Crippen LogP contribution in [0, 0.1) is 0 Å². The van der Waals surface area contributed by atoms with Crippen molar-refractivity contribution in [3.63, 3.8) is 0 Å². The zero-order valence-electron chi connectivity index (χ0n) is 16.6. The Bertz CT molecular complexity index is 1220. The van der Waals surface area contributed by atoms with Crippen LogP contribution in [0.5, 0.6) is 0 Å². The molecule has 0 aliphatic carbocycles. The van der Waals surface area contributed by atoms with Crippen LogP contribution < -0.4 is 5.43 Å². The summed E-state index contributed by atoms with van der Waals surface area (Å²) in [5.41, 5.74) is 3.70. The van der Waals surface area contributed by atoms with Gasteiger partial charge in [0.25, 0.3) is 5.91 Å². The third-order valence-electron chi connectivity index (χ3n) is 4.29. The van der Waals surface area contributed by atoms with Gasteiger partial charge in [-0.25, -0.2) is 13.8 Å². The van der Waals surface area contributed by atoms with Gasteiger partial charge in [-0.05, 0) is 59.7 Å². The molecule has 0 aromatic heterocycles. The van der Waals surface area contributed by atoms with E-state index in [1.54, 1.807) is 48.5 Å². The van der Waals surface area contributed by atoms with Gasteiger partial charge < -0.3 is 0 Å². The lowest BCUT2D eigenvalue weighted by Gasteiger charge is -2.21. The number of sulfonamides is 1. The molecule has 10 heteroatoms. The third-order valence-corrected chi connectivity index (χ3v) is 6.84. The molecule has 0 aliphatic heterocycles. The summed E-state index contributed by atoms with van der Waals surface area (Å²) in [4.78, 5) is 12.5. The number of carbonyl (C=O) groups excluding carboxylic acids is 1. The predicted octanol–water partition coefficient (Wildman–Crippen LogP) is 4.99. The molecule has 166 valence electrons. The lowest BCUT2D eigenvalue weighted by atomic mass is 10.2. The highest BCUT2D eigenvalue weighted by Gasteiger charge is 2.27. The van der Waals surface area contributed by atoms with Gasteiger partial charge in [-0.15, -0.1) is 0 Å². The number of halogens is 3. The fourth-order valence-corrected chi connectivity index (χ4v) is 4.59. The van der Waals surface area contributed by atoms with E-state index >= 15 is 0 Å². The summed E-state index contributed by atoms with van der Waals surface area (Å²) in [5, 5.41) is 5.33. The van der Waals surface area contributed by atoms with E-state index < -0.39 is 22.5 Å². The molecule has 1 N–H and O–H groups in total. The molecule has 3 rings (SSSR count). The van der Waals surface area contributed by atoms with E-state index in [1.165, 1.54) is 30.5 Å². The average Bonchev–Trinajstić information content (AvgIpc) is 2.75. The van der Waals surface area contributed by atoms with Crippen molar-refractivity contribution in [3.8, 4) is 0 Å². The van der Waals surface area contributed by atoms with E-state index in [1.807, 2.05) is 0 Å². The predicted molar refractivity (Wildman–Crippen MR) is 128 cm³/mol. The minimum Gasteiger partial charge on any atom is -0.272 e. The van der Waals surface area contributed by atoms with E-state index in [0.29, 0.717) is 20.6 Å². The van der Waals surface area contributed by atoms with Gasteiger partial charge in [0.15, 0.2) is 0 Å². The highest BCUT2D eigenvalue weighted by atomic mass is 35.5. The van der Waals surface area contributed by atoms with Gasteiger partial charge in [0.2, 0.25) is 10.0 Å². The molecular weight excluding hydrogens is 493 g/mol. The Hall–Kier alpha value is -2.42. The van der Waals surface area contributed by atoms with E-state index in [9.17, 15) is 13.2 Å². The van der Waals surface area contributed by atoms with Gasteiger partial charge in [-0.2, -0.15) is 9.41 Å². The molecule has 0 aliphatic rings. The van der Waals surface area contributed by atoms with Crippen LogP contribution in [0.4, 0.5) is 0 Å². The second kappa shape index (κ2) is 10.9. The molecule has 0 saturated heterocycles. The lowest BCUT2D eigenvalue weighted by molar-refractivity contribution is -0.121. The SMILES string of the molecule is O=C(CN(Cc1cccc(Cl)c1)S(=O)(=O)c1ccc(Cl)cc1)N/N=C\c1ccc(Cl)cc1. The molecular formula is C22H18Cl3N3O3S. The summed E-state index contributed by atoms with van der Waals surface area (Å²) in [7, 11) is -4.00. The molecule has 0 spiro atoms. The molecule has 0 saturated carbocycles. The van der Waals surface area contributed by atoms with Gasteiger partial charge in [-0.1, -0.05) is 59.1 Å². The second-order valence-corrected chi connectivity index (χ2v) is 9.95. The van der Waals surface area contributed by atoms with Crippen LogP contribution in [-0.4, -0.2) is 31.4 Å². The van der Waals surface area contributed by atoms with Crippen molar-refractivity contribution in [3.05, 3.63) is 99.0 Å². The fraction of sp³-hybridized carbons (Fsp3) is 0.0909. The molecule has 0 fully saturated rings. The first-order chi connectivity index (χ1) is 15.2. The molecule has 1 amide bonds. The van der Waals surface area contributed by atoms with Gasteiger partial charge in [-0.3, -0.25) is 4.79 Å². The summed E-state index contributed by atoms with van der Waals surface area (Å²) < 4.78 is 27.5. The zero-order chi connectivity index (χ0) is 23.1. The molecule has 3 aromatic rings. The Morgan fingerprint density at radius 2 is 1.53 bits per heavy atom. The van der Waals surface area contributed by atoms with Crippen molar-refractivity contribution in [2.45, 2.75) is 11.4 Å². The van der Waals surface area contributed by atoms with Crippen LogP contribution in [-0.2, 0) is 21.4 Å². The minimum absolute atomic E-state index is 0.0152. The number of hydrogen-bond donors (Lipinski definition) is 1. The van der Waals surface area contributed by atoms with Gasteiger partial charge in [0.1, 0.15) is 0 Å². The van der Waals surface area contributed by atoms with Crippen LogP contribution in [0.25, 0.3) is 0 Å². The largest absolute Gasteiger partial charge is 0.272 e. The van der Waals surface area contributed by atoms with Crippen LogP contribution >= 0.6 is 34.8 Å². The molecule has 0 radical (unpaired) electrons. The van der Waals surface area contributed by atoms with Crippen LogP contribution in [0.15, 0.2) is 82.8 Å². The Morgan fingerprint density at radius 3 is 2.16 bits per heavy atom. The monoisotopic (exact) mass is 509 g/mol. The Morgan fingerprint density at radius 1 is 0.906 bits per heavy atom. The number of nitrogens with one attached hydrogen (secondary N) is 1. The number of benzene rings is 3. The summed E-state index contributed by atoms with van der Waals surface area (Å²) in [5.74, 6) is -0.602. The number of hydrazone groups is 1. The molecule has 0 heterocycles. The van der Waals surface area contributed by atoms with Crippen molar-refractivity contribution < 1.29 is 13.2 Å². The van der Waals surface area contributed by atoms with E-state index in [0.717, 1.165) is 9.87 Å². The number of rotatable bonds is 8. The molecule has 32 heavy (non-hydrogen) atoms. The lowest BCUT2D eigenvalue weighted by Crippen LogP contribution is -2.39. The Labute approximate surface area is 201 Å². The summed E-state index contributed by atoms with van der Waals surface area (Å²) >= 11 is 17.7. The Kier molecular flexibility index (Phi) is 8.28. The molecule has 3 aromatic carbocycles. The van der Waals surface area contributed by atoms with Gasteiger partial charge in [0, 0.05) is 21.6 Å². The number of hydrogen-bond acceptors (Lipinski definition) is 4. The maximum atomic E-state index is 13.2. The van der Waals surface area contributed by atoms with Crippen molar-refractivity contribution in [1.29, 1.82) is 0 Å². The fourth-order valence-electron chi connectivity index (χ4n) is 2.74. The zero-order valence-corrected chi connectivity index (χ0v) is 19.7. The number of carbonyl (C=O) groups is 1. The van der Waals surface area contributed by atoms with E-state index in [4.69, 9.17) is 34.8 Å². The smallest absolute Gasteiger partial charge is 0.255 e. The van der Waals surface area contributed by atoms with Crippen LogP contribution in [0.2, 0.25) is 15.1 Å². The van der Waals surface area contributed by atoms with Gasteiger partial charge >= 0.3 is 0 Å². The maximum Gasteiger partial charge on any atom is 0.255 e. The van der Waals surface area contributed by atoms with Crippen molar-refractivity contribution in [2.24, 2.45) is 5.10 Å². The summed E-state index contributed by atoms with van der Waals surface area (Å²) in [6.07, 6.45) is 1.43. The first-order valence-corrected chi connectivity index (χ1v) is 11.9. The molecule has 6 nitrogen and oxygen atoms in total. The van der Waals surface area contributed by atoms with Gasteiger partial charge in [0.05, 0.1) is 17.7 Å². The summed E-state index contributed by atoms with van der Waals surface area (Å²) in [6.45, 7) is -0.505. The van der Waals surface area contributed by atoms with E-state index in [2.05, 4.69) is 10.5 Å². The highest BCUT2D eigenvalue weighted by Crippen LogP contribution is 2.21.